The highest BCUT2D eigenvalue weighted by Crippen LogP contribution is 2.17. The van der Waals surface area contributed by atoms with Gasteiger partial charge in [-0.15, -0.1) is 11.3 Å². The Morgan fingerprint density at radius 3 is 2.75 bits per heavy atom. The smallest absolute Gasteiger partial charge is 0.202 e. The summed E-state index contributed by atoms with van der Waals surface area (Å²) in [5.41, 5.74) is 0. The third-order valence-electron chi connectivity index (χ3n) is 2.72. The summed E-state index contributed by atoms with van der Waals surface area (Å²) in [6, 6.07) is 0. The van der Waals surface area contributed by atoms with E-state index in [-0.39, 0.29) is 5.88 Å². The lowest BCUT2D eigenvalue weighted by molar-refractivity contribution is 0.0368. The van der Waals surface area contributed by atoms with E-state index >= 15 is 0 Å². The second-order valence-corrected chi connectivity index (χ2v) is 5.32. The van der Waals surface area contributed by atoms with Crippen molar-refractivity contribution < 1.29 is 9.84 Å². The molecule has 2 rings (SSSR count). The molecule has 1 fully saturated rings. The molecular weight excluding hydrogens is 244 g/mol. The van der Waals surface area contributed by atoms with Crippen LogP contribution < -0.4 is 0 Å². The Labute approximate surface area is 104 Å². The molecule has 1 N–H and O–H groups in total. The number of thiazole rings is 1. The van der Waals surface area contributed by atoms with Crippen LogP contribution in [0.2, 0.25) is 0 Å². The summed E-state index contributed by atoms with van der Waals surface area (Å²) in [6.45, 7) is 5.54. The monoisotopic (exact) mass is 260 g/mol. The Morgan fingerprint density at radius 1 is 1.38 bits per heavy atom. The number of aromatic nitrogens is 1. The zero-order valence-electron chi connectivity index (χ0n) is 9.09. The highest BCUT2D eigenvalue weighted by molar-refractivity contribution is 7.73. The summed E-state index contributed by atoms with van der Waals surface area (Å²) in [4.78, 5) is 2.39. The second kappa shape index (κ2) is 5.77. The Hall–Kier alpha value is -0.430. The van der Waals surface area contributed by atoms with Crippen LogP contribution >= 0.6 is 23.6 Å². The Bertz CT molecular complexity index is 382. The van der Waals surface area contributed by atoms with Crippen molar-refractivity contribution in [3.8, 4) is 5.88 Å². The van der Waals surface area contributed by atoms with Gasteiger partial charge in [-0.3, -0.25) is 9.47 Å². The minimum absolute atomic E-state index is 0.289. The molecule has 0 saturated carbocycles. The van der Waals surface area contributed by atoms with Crippen molar-refractivity contribution in [2.24, 2.45) is 0 Å². The fraction of sp³-hybridized carbons (Fsp3) is 0.700. The first-order chi connectivity index (χ1) is 7.77. The Morgan fingerprint density at radius 2 is 2.12 bits per heavy atom. The van der Waals surface area contributed by atoms with Gasteiger partial charge in [-0.2, -0.15) is 0 Å². The van der Waals surface area contributed by atoms with E-state index in [1.165, 1.54) is 11.3 Å². The highest BCUT2D eigenvalue weighted by Gasteiger charge is 2.10. The number of hydrogen-bond donors (Lipinski definition) is 1. The van der Waals surface area contributed by atoms with Gasteiger partial charge < -0.3 is 9.84 Å². The van der Waals surface area contributed by atoms with Gasteiger partial charge in [0.1, 0.15) is 0 Å². The van der Waals surface area contributed by atoms with Crippen molar-refractivity contribution in [3.63, 3.8) is 0 Å². The number of aromatic hydroxyl groups is 1. The van der Waals surface area contributed by atoms with Crippen molar-refractivity contribution in [1.82, 2.24) is 9.47 Å². The van der Waals surface area contributed by atoms with Crippen LogP contribution in [0.3, 0.4) is 0 Å². The van der Waals surface area contributed by atoms with Crippen molar-refractivity contribution in [2.75, 3.05) is 32.8 Å². The first kappa shape index (κ1) is 12.0. The number of morpholine rings is 1. The number of hydrogen-bond acceptors (Lipinski definition) is 5. The molecule has 0 atom stereocenters. The molecule has 1 aliphatic heterocycles. The first-order valence-corrected chi connectivity index (χ1v) is 6.73. The first-order valence-electron chi connectivity index (χ1n) is 5.45. The molecular formula is C10H16N2O2S2. The molecule has 1 aromatic rings. The number of nitrogens with zero attached hydrogens (tertiary/aromatic N) is 2. The van der Waals surface area contributed by atoms with E-state index in [2.05, 4.69) is 4.90 Å². The van der Waals surface area contributed by atoms with Gasteiger partial charge in [0, 0.05) is 26.2 Å². The van der Waals surface area contributed by atoms with E-state index in [0.717, 1.165) is 49.8 Å². The Kier molecular flexibility index (Phi) is 4.34. The molecule has 0 bridgehead atoms. The van der Waals surface area contributed by atoms with Gasteiger partial charge in [-0.25, -0.2) is 0 Å². The zero-order valence-corrected chi connectivity index (χ0v) is 10.7. The molecule has 0 radical (unpaired) electrons. The van der Waals surface area contributed by atoms with Gasteiger partial charge in [0.15, 0.2) is 3.95 Å². The van der Waals surface area contributed by atoms with E-state index in [1.54, 1.807) is 9.95 Å². The van der Waals surface area contributed by atoms with Crippen LogP contribution in [0.5, 0.6) is 5.88 Å². The highest BCUT2D eigenvalue weighted by atomic mass is 32.1. The molecule has 16 heavy (non-hydrogen) atoms. The lowest BCUT2D eigenvalue weighted by Gasteiger charge is -2.26. The molecule has 0 amide bonds. The minimum atomic E-state index is 0.289. The minimum Gasteiger partial charge on any atom is -0.494 e. The average molecular weight is 260 g/mol. The summed E-state index contributed by atoms with van der Waals surface area (Å²) in [6.07, 6.45) is 1.01. The predicted molar refractivity (Wildman–Crippen MR) is 66.7 cm³/mol. The molecule has 6 heteroatoms. The summed E-state index contributed by atoms with van der Waals surface area (Å²) in [5, 5.41) is 11.2. The predicted octanol–water partition coefficient (Wildman–Crippen LogP) is 1.71. The summed E-state index contributed by atoms with van der Waals surface area (Å²) < 4.78 is 7.83. The van der Waals surface area contributed by atoms with Crippen LogP contribution in [0.1, 0.15) is 6.42 Å². The molecule has 1 saturated heterocycles. The van der Waals surface area contributed by atoms with Crippen LogP contribution in [0.25, 0.3) is 0 Å². The molecule has 0 unspecified atom stereocenters. The van der Waals surface area contributed by atoms with Gasteiger partial charge in [-0.1, -0.05) is 0 Å². The van der Waals surface area contributed by atoms with Gasteiger partial charge in [0.05, 0.1) is 18.6 Å². The van der Waals surface area contributed by atoms with Gasteiger partial charge in [-0.05, 0) is 18.6 Å². The quantitative estimate of drug-likeness (QED) is 0.836. The lowest BCUT2D eigenvalue weighted by atomic mass is 10.3. The van der Waals surface area contributed by atoms with Gasteiger partial charge >= 0.3 is 0 Å². The van der Waals surface area contributed by atoms with E-state index in [0.29, 0.717) is 0 Å². The van der Waals surface area contributed by atoms with E-state index in [4.69, 9.17) is 17.0 Å². The Balaban J connectivity index is 1.77. The molecule has 1 aromatic heterocycles. The number of ether oxygens (including phenoxy) is 1. The molecule has 0 aromatic carbocycles. The number of rotatable bonds is 4. The van der Waals surface area contributed by atoms with Crippen LogP contribution in [-0.4, -0.2) is 47.4 Å². The third kappa shape index (κ3) is 3.04. The summed E-state index contributed by atoms with van der Waals surface area (Å²) in [5.74, 6) is 0.289. The summed E-state index contributed by atoms with van der Waals surface area (Å²) in [7, 11) is 0. The van der Waals surface area contributed by atoms with Crippen LogP contribution in [-0.2, 0) is 11.3 Å². The van der Waals surface area contributed by atoms with Crippen molar-refractivity contribution in [2.45, 2.75) is 13.0 Å². The largest absolute Gasteiger partial charge is 0.494 e. The van der Waals surface area contributed by atoms with Crippen molar-refractivity contribution in [1.29, 1.82) is 0 Å². The molecule has 90 valence electrons. The van der Waals surface area contributed by atoms with E-state index in [9.17, 15) is 5.11 Å². The third-order valence-corrected chi connectivity index (χ3v) is 3.98. The topological polar surface area (TPSA) is 37.6 Å². The summed E-state index contributed by atoms with van der Waals surface area (Å²) >= 11 is 6.54. The second-order valence-electron chi connectivity index (χ2n) is 3.82. The van der Waals surface area contributed by atoms with Crippen molar-refractivity contribution >= 4 is 23.6 Å². The zero-order chi connectivity index (χ0) is 11.4. The maximum Gasteiger partial charge on any atom is 0.202 e. The van der Waals surface area contributed by atoms with Crippen LogP contribution in [0.4, 0.5) is 0 Å². The fourth-order valence-corrected chi connectivity index (χ4v) is 2.78. The maximum absolute atomic E-state index is 9.54. The standard InChI is InChI=1S/C10H16N2O2S2/c13-9-8-16-10(15)12(9)3-1-2-11-4-6-14-7-5-11/h8,13H,1-7H2. The van der Waals surface area contributed by atoms with E-state index in [1.807, 2.05) is 0 Å². The fourth-order valence-electron chi connectivity index (χ4n) is 1.81. The lowest BCUT2D eigenvalue weighted by Crippen LogP contribution is -2.37. The van der Waals surface area contributed by atoms with E-state index < -0.39 is 0 Å². The molecule has 0 aliphatic carbocycles. The normalized spacial score (nSPS) is 17.8. The van der Waals surface area contributed by atoms with Gasteiger partial charge in [0.2, 0.25) is 5.88 Å². The average Bonchev–Trinajstić information content (AvgIpc) is 2.62. The SMILES string of the molecule is Oc1csc(=S)n1CCCN1CCOCC1. The van der Waals surface area contributed by atoms with Gasteiger partial charge in [0.25, 0.3) is 0 Å². The molecule has 2 heterocycles. The molecule has 4 nitrogen and oxygen atoms in total. The molecule has 1 aliphatic rings. The molecule has 0 spiro atoms. The van der Waals surface area contributed by atoms with Crippen LogP contribution in [0, 0.1) is 3.95 Å². The van der Waals surface area contributed by atoms with Crippen LogP contribution in [0.15, 0.2) is 5.38 Å². The van der Waals surface area contributed by atoms with Crippen molar-refractivity contribution in [3.05, 3.63) is 9.33 Å². The maximum atomic E-state index is 9.54.